The minimum Gasteiger partial charge on any atom is -0.346 e. The number of sulfone groups is 1. The van der Waals surface area contributed by atoms with Crippen LogP contribution in [-0.2, 0) is 22.6 Å². The van der Waals surface area contributed by atoms with Crippen molar-refractivity contribution >= 4 is 9.84 Å². The molecule has 0 radical (unpaired) electrons. The second kappa shape index (κ2) is 6.91. The SMILES string of the molecule is CCn1cc(C(F)(F)F)cc2nc(-c3ncc(C#N)cc3S(=O)(=O)CC)cc1-2. The Labute approximate surface area is 159 Å². The van der Waals surface area contributed by atoms with E-state index < -0.39 is 21.6 Å². The van der Waals surface area contributed by atoms with Crippen molar-refractivity contribution in [3.8, 4) is 28.8 Å². The fraction of sp³-hybridized carbons (Fsp3) is 0.278. The monoisotopic (exact) mass is 408 g/mol. The van der Waals surface area contributed by atoms with Crippen LogP contribution < -0.4 is 0 Å². The molecule has 3 heterocycles. The summed E-state index contributed by atoms with van der Waals surface area (Å²) in [5, 5.41) is 9.04. The standard InChI is InChI=1S/C18H15F3N4O2S/c1-3-25-10-12(18(19,20)21)6-13-15(25)7-14(24-13)17-16(28(26,27)4-2)5-11(8-22)9-23-17/h5-7,9-10H,3-4H2,1-2H3. The Kier molecular flexibility index (Phi) is 4.89. The van der Waals surface area contributed by atoms with Crippen LogP contribution in [0.2, 0.25) is 0 Å². The van der Waals surface area contributed by atoms with Crippen molar-refractivity contribution < 1.29 is 21.6 Å². The molecule has 0 amide bonds. The van der Waals surface area contributed by atoms with E-state index in [1.54, 1.807) is 6.92 Å². The van der Waals surface area contributed by atoms with Crippen molar-refractivity contribution in [2.24, 2.45) is 0 Å². The fourth-order valence-corrected chi connectivity index (χ4v) is 3.88. The van der Waals surface area contributed by atoms with Crippen LogP contribution in [0.15, 0.2) is 35.5 Å². The summed E-state index contributed by atoms with van der Waals surface area (Å²) >= 11 is 0. The molecule has 2 aliphatic heterocycles. The molecule has 0 saturated carbocycles. The molecule has 1 aromatic heterocycles. The van der Waals surface area contributed by atoms with E-state index in [-0.39, 0.29) is 39.8 Å². The van der Waals surface area contributed by atoms with Gasteiger partial charge in [0, 0.05) is 18.9 Å². The van der Waals surface area contributed by atoms with Gasteiger partial charge in [0.2, 0.25) is 0 Å². The van der Waals surface area contributed by atoms with Gasteiger partial charge in [-0.3, -0.25) is 4.98 Å². The summed E-state index contributed by atoms with van der Waals surface area (Å²) in [7, 11) is -3.73. The summed E-state index contributed by atoms with van der Waals surface area (Å²) in [6, 6.07) is 5.46. The van der Waals surface area contributed by atoms with E-state index in [4.69, 9.17) is 5.26 Å². The van der Waals surface area contributed by atoms with Crippen LogP contribution in [0.4, 0.5) is 13.2 Å². The normalized spacial score (nSPS) is 12.3. The molecule has 0 unspecified atom stereocenters. The van der Waals surface area contributed by atoms with Gasteiger partial charge in [0.25, 0.3) is 0 Å². The molecule has 0 saturated heterocycles. The van der Waals surface area contributed by atoms with E-state index in [1.807, 2.05) is 6.07 Å². The first-order chi connectivity index (χ1) is 13.1. The van der Waals surface area contributed by atoms with Crippen LogP contribution in [0.3, 0.4) is 0 Å². The molecular formula is C18H15F3N4O2S. The average molecular weight is 408 g/mol. The van der Waals surface area contributed by atoms with Gasteiger partial charge in [0.1, 0.15) is 11.8 Å². The molecular weight excluding hydrogens is 393 g/mol. The molecule has 146 valence electrons. The molecule has 28 heavy (non-hydrogen) atoms. The first-order valence-corrected chi connectivity index (χ1v) is 9.97. The maximum Gasteiger partial charge on any atom is 0.417 e. The van der Waals surface area contributed by atoms with Crippen LogP contribution in [0.1, 0.15) is 25.0 Å². The summed E-state index contributed by atoms with van der Waals surface area (Å²) in [5.74, 6) is -0.218. The lowest BCUT2D eigenvalue weighted by Crippen LogP contribution is -2.10. The number of rotatable bonds is 4. The highest BCUT2D eigenvalue weighted by Crippen LogP contribution is 2.36. The Morgan fingerprint density at radius 3 is 2.46 bits per heavy atom. The van der Waals surface area contributed by atoms with Crippen LogP contribution in [0, 0.1) is 11.3 Å². The zero-order valence-electron chi connectivity index (χ0n) is 14.9. The number of halogens is 3. The van der Waals surface area contributed by atoms with Gasteiger partial charge in [-0.1, -0.05) is 6.92 Å². The van der Waals surface area contributed by atoms with Gasteiger partial charge in [-0.25, -0.2) is 13.4 Å². The molecule has 1 aromatic rings. The van der Waals surface area contributed by atoms with E-state index in [0.717, 1.165) is 12.3 Å². The highest BCUT2D eigenvalue weighted by atomic mass is 32.2. The third-order valence-corrected chi connectivity index (χ3v) is 6.02. The first kappa shape index (κ1) is 19.8. The Bertz CT molecular complexity index is 1160. The van der Waals surface area contributed by atoms with E-state index in [2.05, 4.69) is 9.97 Å². The van der Waals surface area contributed by atoms with Gasteiger partial charge in [-0.2, -0.15) is 18.4 Å². The fourth-order valence-electron chi connectivity index (χ4n) is 2.81. The molecule has 0 atom stereocenters. The molecule has 0 aliphatic carbocycles. The number of hydrogen-bond acceptors (Lipinski definition) is 5. The maximum absolute atomic E-state index is 13.1. The smallest absolute Gasteiger partial charge is 0.346 e. The Hall–Kier alpha value is -2.93. The van der Waals surface area contributed by atoms with Gasteiger partial charge in [0.15, 0.2) is 9.84 Å². The van der Waals surface area contributed by atoms with Crippen molar-refractivity contribution in [1.82, 2.24) is 14.5 Å². The van der Waals surface area contributed by atoms with Crippen molar-refractivity contribution in [3.05, 3.63) is 41.7 Å². The lowest BCUT2D eigenvalue weighted by molar-refractivity contribution is -0.138. The lowest BCUT2D eigenvalue weighted by atomic mass is 10.2. The topological polar surface area (TPSA) is 88.6 Å². The van der Waals surface area contributed by atoms with Gasteiger partial charge < -0.3 is 4.57 Å². The van der Waals surface area contributed by atoms with E-state index in [1.165, 1.54) is 29.8 Å². The number of alkyl halides is 3. The Morgan fingerprint density at radius 1 is 1.18 bits per heavy atom. The summed E-state index contributed by atoms with van der Waals surface area (Å²) < 4.78 is 65.8. The summed E-state index contributed by atoms with van der Waals surface area (Å²) in [5.41, 5.74) is -0.133. The van der Waals surface area contributed by atoms with E-state index >= 15 is 0 Å². The second-order valence-corrected chi connectivity index (χ2v) is 8.26. The van der Waals surface area contributed by atoms with Crippen LogP contribution in [-0.4, -0.2) is 28.7 Å². The summed E-state index contributed by atoms with van der Waals surface area (Å²) in [4.78, 5) is 8.09. The lowest BCUT2D eigenvalue weighted by Gasteiger charge is -2.14. The second-order valence-electron chi connectivity index (χ2n) is 6.01. The van der Waals surface area contributed by atoms with Crippen molar-refractivity contribution in [2.75, 3.05) is 5.75 Å². The number of pyridine rings is 2. The van der Waals surface area contributed by atoms with Gasteiger partial charge in [-0.15, -0.1) is 0 Å². The number of aromatic nitrogens is 3. The number of nitriles is 1. The maximum atomic E-state index is 13.1. The van der Waals surface area contributed by atoms with Gasteiger partial charge in [0.05, 0.1) is 38.9 Å². The van der Waals surface area contributed by atoms with E-state index in [0.29, 0.717) is 5.69 Å². The van der Waals surface area contributed by atoms with E-state index in [9.17, 15) is 21.6 Å². The number of hydrogen-bond donors (Lipinski definition) is 0. The third-order valence-electron chi connectivity index (χ3n) is 4.28. The number of nitrogens with zero attached hydrogens (tertiary/aromatic N) is 4. The summed E-state index contributed by atoms with van der Waals surface area (Å²) in [6.45, 7) is 3.42. The molecule has 0 aromatic carbocycles. The summed E-state index contributed by atoms with van der Waals surface area (Å²) in [6.07, 6.45) is -2.34. The average Bonchev–Trinajstić information content (AvgIpc) is 3.10. The van der Waals surface area contributed by atoms with Crippen molar-refractivity contribution in [2.45, 2.75) is 31.5 Å². The highest BCUT2D eigenvalue weighted by Gasteiger charge is 2.33. The van der Waals surface area contributed by atoms with Crippen molar-refractivity contribution in [3.63, 3.8) is 0 Å². The molecule has 3 rings (SSSR count). The predicted octanol–water partition coefficient (Wildman–Crippen LogP) is 3.75. The predicted molar refractivity (Wildman–Crippen MR) is 95.2 cm³/mol. The zero-order chi connectivity index (χ0) is 20.7. The quantitative estimate of drug-likeness (QED) is 0.656. The molecule has 0 N–H and O–H groups in total. The minimum atomic E-state index is -4.53. The van der Waals surface area contributed by atoms with Crippen LogP contribution in [0.5, 0.6) is 0 Å². The molecule has 0 fully saturated rings. The largest absolute Gasteiger partial charge is 0.417 e. The molecule has 0 spiro atoms. The zero-order valence-corrected chi connectivity index (χ0v) is 15.8. The molecule has 6 nitrogen and oxygen atoms in total. The molecule has 10 heteroatoms. The van der Waals surface area contributed by atoms with Crippen LogP contribution in [0.25, 0.3) is 22.8 Å². The van der Waals surface area contributed by atoms with Gasteiger partial charge >= 0.3 is 6.18 Å². The number of fused-ring (bicyclic) bond motifs is 1. The Balaban J connectivity index is 2.29. The highest BCUT2D eigenvalue weighted by molar-refractivity contribution is 7.91. The number of aryl methyl sites for hydroxylation is 1. The Morgan fingerprint density at radius 2 is 1.89 bits per heavy atom. The minimum absolute atomic E-state index is 0.00765. The van der Waals surface area contributed by atoms with Gasteiger partial charge in [-0.05, 0) is 25.1 Å². The van der Waals surface area contributed by atoms with Crippen LogP contribution >= 0.6 is 0 Å². The van der Waals surface area contributed by atoms with Crippen molar-refractivity contribution in [1.29, 1.82) is 5.26 Å². The molecule has 2 aliphatic rings. The molecule has 0 bridgehead atoms. The first-order valence-electron chi connectivity index (χ1n) is 8.32. The third kappa shape index (κ3) is 3.45.